The van der Waals surface area contributed by atoms with Gasteiger partial charge in [0.2, 0.25) is 0 Å². The molecule has 0 saturated heterocycles. The number of aromatic nitrogens is 7. The van der Waals surface area contributed by atoms with Crippen LogP contribution in [0.5, 0.6) is 0 Å². The third kappa shape index (κ3) is 4.70. The summed E-state index contributed by atoms with van der Waals surface area (Å²) in [5.41, 5.74) is 1.82. The van der Waals surface area contributed by atoms with E-state index in [-0.39, 0.29) is 17.0 Å². The zero-order valence-electron chi connectivity index (χ0n) is 18.8. The van der Waals surface area contributed by atoms with E-state index in [9.17, 15) is 9.59 Å². The Kier molecular flexibility index (Phi) is 5.85. The molecule has 0 fully saturated rings. The second-order valence-corrected chi connectivity index (χ2v) is 9.56. The highest BCUT2D eigenvalue weighted by atomic mass is 32.1. The summed E-state index contributed by atoms with van der Waals surface area (Å²) in [6.07, 6.45) is 5.81. The Morgan fingerprint density at radius 3 is 2.55 bits per heavy atom. The van der Waals surface area contributed by atoms with E-state index in [1.165, 1.54) is 30.2 Å². The first kappa shape index (κ1) is 22.4. The minimum Gasteiger partial charge on any atom is -0.342 e. The number of aryl methyl sites for hydroxylation is 1. The summed E-state index contributed by atoms with van der Waals surface area (Å²) in [7, 11) is 1.79. The third-order valence-corrected chi connectivity index (χ3v) is 6.03. The highest BCUT2D eigenvalue weighted by Gasteiger charge is 2.22. The maximum Gasteiger partial charge on any atom is 0.272 e. The summed E-state index contributed by atoms with van der Waals surface area (Å²) < 4.78 is 1.71. The van der Waals surface area contributed by atoms with Gasteiger partial charge >= 0.3 is 0 Å². The second kappa shape index (κ2) is 8.62. The van der Waals surface area contributed by atoms with Gasteiger partial charge in [0.25, 0.3) is 11.8 Å². The molecular formula is C21H23N9O2S. The van der Waals surface area contributed by atoms with Crippen LogP contribution >= 0.6 is 11.3 Å². The maximum atomic E-state index is 12.8. The fourth-order valence-corrected chi connectivity index (χ4v) is 3.86. The van der Waals surface area contributed by atoms with Crippen LogP contribution in [0.4, 0.5) is 5.82 Å². The normalized spacial score (nSPS) is 12.5. The van der Waals surface area contributed by atoms with Gasteiger partial charge in [0.1, 0.15) is 33.9 Å². The van der Waals surface area contributed by atoms with Crippen molar-refractivity contribution < 1.29 is 9.59 Å². The first-order valence-electron chi connectivity index (χ1n) is 10.2. The number of fused-ring (bicyclic) bond motifs is 1. The molecule has 4 heterocycles. The fraction of sp³-hybridized carbons (Fsp3) is 0.333. The number of anilines is 1. The van der Waals surface area contributed by atoms with Crippen molar-refractivity contribution in [2.45, 2.75) is 39.2 Å². The summed E-state index contributed by atoms with van der Waals surface area (Å²) in [4.78, 5) is 51.0. The van der Waals surface area contributed by atoms with Crippen molar-refractivity contribution in [1.29, 1.82) is 0 Å². The molecule has 4 aromatic rings. The lowest BCUT2D eigenvalue weighted by Crippen LogP contribution is -2.27. The molecule has 2 amide bonds. The van der Waals surface area contributed by atoms with E-state index in [0.29, 0.717) is 26.9 Å². The Morgan fingerprint density at radius 1 is 1.03 bits per heavy atom. The summed E-state index contributed by atoms with van der Waals surface area (Å²) >= 11 is 1.19. The van der Waals surface area contributed by atoms with Crippen molar-refractivity contribution in [3.63, 3.8) is 0 Å². The minimum atomic E-state index is -0.440. The van der Waals surface area contributed by atoms with Gasteiger partial charge in [0.05, 0.1) is 24.3 Å². The minimum absolute atomic E-state index is 0.168. The van der Waals surface area contributed by atoms with E-state index in [1.54, 1.807) is 30.9 Å². The molecule has 0 aromatic carbocycles. The average Bonchev–Trinajstić information content (AvgIpc) is 3.41. The number of nitrogens with one attached hydrogen (secondary N) is 2. The number of rotatable bonds is 5. The molecule has 0 radical (unpaired) electrons. The summed E-state index contributed by atoms with van der Waals surface area (Å²) in [5, 5.41) is 6.22. The lowest BCUT2D eigenvalue weighted by molar-refractivity contribution is 0.0935. The molecule has 0 aliphatic carbocycles. The van der Waals surface area contributed by atoms with E-state index < -0.39 is 11.9 Å². The van der Waals surface area contributed by atoms with Gasteiger partial charge in [-0.2, -0.15) is 0 Å². The third-order valence-electron chi connectivity index (χ3n) is 4.85. The SMILES string of the molecule is CC(NC(=O)c1ncnc2c1ncn2C)c1ncc(C(=O)Nc2cc(C(C)(C)C)ncn2)s1. The van der Waals surface area contributed by atoms with Crippen LogP contribution in [0.2, 0.25) is 0 Å². The van der Waals surface area contributed by atoms with Crippen molar-refractivity contribution in [2.24, 2.45) is 7.05 Å². The molecule has 0 aliphatic heterocycles. The Balaban J connectivity index is 1.45. The van der Waals surface area contributed by atoms with Gasteiger partial charge in [-0.3, -0.25) is 9.59 Å². The predicted molar refractivity (Wildman–Crippen MR) is 123 cm³/mol. The number of carbonyl (C=O) groups is 2. The second-order valence-electron chi connectivity index (χ2n) is 8.50. The Bertz CT molecular complexity index is 1340. The summed E-state index contributed by atoms with van der Waals surface area (Å²) in [6.45, 7) is 7.89. The van der Waals surface area contributed by atoms with Crippen LogP contribution in [-0.4, -0.2) is 46.3 Å². The van der Waals surface area contributed by atoms with Crippen LogP contribution in [0.25, 0.3) is 11.2 Å². The molecule has 0 aliphatic rings. The Labute approximate surface area is 193 Å². The first-order chi connectivity index (χ1) is 15.6. The van der Waals surface area contributed by atoms with Crippen LogP contribution in [0.1, 0.15) is 64.6 Å². The highest BCUT2D eigenvalue weighted by Crippen LogP contribution is 2.24. The van der Waals surface area contributed by atoms with Crippen molar-refractivity contribution >= 4 is 40.1 Å². The number of imidazole rings is 1. The molecule has 2 N–H and O–H groups in total. The Hall–Kier alpha value is -3.80. The van der Waals surface area contributed by atoms with Crippen LogP contribution in [0, 0.1) is 0 Å². The van der Waals surface area contributed by atoms with E-state index in [4.69, 9.17) is 0 Å². The molecule has 0 bridgehead atoms. The van der Waals surface area contributed by atoms with Crippen LogP contribution in [0.3, 0.4) is 0 Å². The van der Waals surface area contributed by atoms with Gasteiger partial charge in [0.15, 0.2) is 11.3 Å². The number of hydrogen-bond acceptors (Lipinski definition) is 9. The topological polar surface area (TPSA) is 140 Å². The van der Waals surface area contributed by atoms with Gasteiger partial charge in [-0.25, -0.2) is 29.9 Å². The fourth-order valence-electron chi connectivity index (χ4n) is 3.04. The zero-order valence-corrected chi connectivity index (χ0v) is 19.6. The highest BCUT2D eigenvalue weighted by molar-refractivity contribution is 7.13. The Morgan fingerprint density at radius 2 is 1.79 bits per heavy atom. The molecule has 1 unspecified atom stereocenters. The van der Waals surface area contributed by atoms with Gasteiger partial charge in [-0.05, 0) is 6.92 Å². The van der Waals surface area contributed by atoms with Crippen molar-refractivity contribution in [3.05, 3.63) is 52.5 Å². The van der Waals surface area contributed by atoms with Crippen LogP contribution < -0.4 is 10.6 Å². The molecule has 33 heavy (non-hydrogen) atoms. The van der Waals surface area contributed by atoms with Gasteiger partial charge < -0.3 is 15.2 Å². The largest absolute Gasteiger partial charge is 0.342 e. The van der Waals surface area contributed by atoms with E-state index in [2.05, 4.69) is 40.5 Å². The molecule has 4 rings (SSSR count). The van der Waals surface area contributed by atoms with Crippen molar-refractivity contribution in [3.8, 4) is 0 Å². The number of nitrogens with zero attached hydrogens (tertiary/aromatic N) is 7. The molecule has 0 saturated carbocycles. The lowest BCUT2D eigenvalue weighted by Gasteiger charge is -2.17. The number of carbonyl (C=O) groups excluding carboxylic acids is 2. The standard InChI is InChI=1S/C21H23N9O2S/c1-11(28-19(32)16-15-17(26-9-25-16)30(5)10-27-15)20-22-7-12(33-20)18(31)29-14-6-13(21(2,3)4)23-8-24-14/h6-11H,1-5H3,(H,28,32)(H,23,24,29,31). The number of hydrogen-bond donors (Lipinski definition) is 2. The van der Waals surface area contributed by atoms with Crippen LogP contribution in [0.15, 0.2) is 31.2 Å². The predicted octanol–water partition coefficient (Wildman–Crippen LogP) is 2.65. The average molecular weight is 466 g/mol. The molecule has 4 aromatic heterocycles. The molecule has 0 spiro atoms. The molecule has 1 atom stereocenters. The first-order valence-corrected chi connectivity index (χ1v) is 11.0. The summed E-state index contributed by atoms with van der Waals surface area (Å²) in [6, 6.07) is 1.31. The quantitative estimate of drug-likeness (QED) is 0.458. The van der Waals surface area contributed by atoms with E-state index in [1.807, 2.05) is 20.8 Å². The molecule has 12 heteroatoms. The lowest BCUT2D eigenvalue weighted by atomic mass is 9.92. The monoisotopic (exact) mass is 465 g/mol. The van der Waals surface area contributed by atoms with Crippen molar-refractivity contribution in [1.82, 2.24) is 39.8 Å². The molecule has 11 nitrogen and oxygen atoms in total. The molecule has 170 valence electrons. The molecular weight excluding hydrogens is 442 g/mol. The smallest absolute Gasteiger partial charge is 0.272 e. The van der Waals surface area contributed by atoms with Gasteiger partial charge in [-0.1, -0.05) is 20.8 Å². The van der Waals surface area contributed by atoms with E-state index >= 15 is 0 Å². The number of amides is 2. The van der Waals surface area contributed by atoms with Crippen LogP contribution in [-0.2, 0) is 12.5 Å². The van der Waals surface area contributed by atoms with Crippen molar-refractivity contribution in [2.75, 3.05) is 5.32 Å². The van der Waals surface area contributed by atoms with Gasteiger partial charge in [-0.15, -0.1) is 11.3 Å². The summed E-state index contributed by atoms with van der Waals surface area (Å²) in [5.74, 6) is -0.313. The maximum absolute atomic E-state index is 12.8. The van der Waals surface area contributed by atoms with Gasteiger partial charge in [0, 0.05) is 18.5 Å². The van der Waals surface area contributed by atoms with E-state index in [0.717, 1.165) is 5.69 Å². The number of thiazole rings is 1. The zero-order chi connectivity index (χ0) is 23.8.